The van der Waals surface area contributed by atoms with Gasteiger partial charge in [-0.3, -0.25) is 0 Å². The third-order valence-corrected chi connectivity index (χ3v) is 3.57. The van der Waals surface area contributed by atoms with Gasteiger partial charge >= 0.3 is 0 Å². The van der Waals surface area contributed by atoms with Crippen molar-refractivity contribution in [1.82, 2.24) is 10.1 Å². The van der Waals surface area contributed by atoms with Gasteiger partial charge in [0.1, 0.15) is 0 Å². The summed E-state index contributed by atoms with van der Waals surface area (Å²) in [6.07, 6.45) is 0.725. The average molecular weight is 293 g/mol. The topological polar surface area (TPSA) is 51.0 Å². The zero-order chi connectivity index (χ0) is 15.4. The highest BCUT2D eigenvalue weighted by Gasteiger charge is 2.10. The Morgan fingerprint density at radius 2 is 1.77 bits per heavy atom. The van der Waals surface area contributed by atoms with E-state index in [0.29, 0.717) is 5.89 Å². The molecule has 0 saturated heterocycles. The molecule has 0 bridgehead atoms. The third-order valence-electron chi connectivity index (χ3n) is 3.57. The maximum atomic E-state index is 5.36. The van der Waals surface area contributed by atoms with Crippen LogP contribution >= 0.6 is 0 Å². The molecule has 3 aromatic rings. The summed E-state index contributed by atoms with van der Waals surface area (Å²) in [6.45, 7) is 4.89. The fourth-order valence-corrected chi connectivity index (χ4v) is 2.27. The first-order valence-corrected chi connectivity index (χ1v) is 7.41. The summed E-state index contributed by atoms with van der Waals surface area (Å²) in [5, 5.41) is 7.41. The van der Waals surface area contributed by atoms with Gasteiger partial charge in [0.05, 0.1) is 0 Å². The van der Waals surface area contributed by atoms with Gasteiger partial charge < -0.3 is 9.84 Å². The van der Waals surface area contributed by atoms with E-state index in [1.807, 2.05) is 31.2 Å². The SMILES string of the molecule is Cc1ccc(NCCc2noc(-c3ccccc3C)n2)cc1. The fourth-order valence-electron chi connectivity index (χ4n) is 2.27. The smallest absolute Gasteiger partial charge is 0.258 e. The predicted octanol–water partition coefficient (Wildman–Crippen LogP) is 4.01. The first kappa shape index (κ1) is 14.3. The minimum absolute atomic E-state index is 0.587. The molecular formula is C18H19N3O. The molecule has 4 heteroatoms. The van der Waals surface area contributed by atoms with Crippen molar-refractivity contribution in [3.05, 3.63) is 65.5 Å². The van der Waals surface area contributed by atoms with Crippen molar-refractivity contribution in [3.8, 4) is 11.5 Å². The normalized spacial score (nSPS) is 10.6. The summed E-state index contributed by atoms with van der Waals surface area (Å²) in [5.74, 6) is 1.31. The zero-order valence-electron chi connectivity index (χ0n) is 12.8. The first-order chi connectivity index (χ1) is 10.7. The molecule has 0 fully saturated rings. The van der Waals surface area contributed by atoms with E-state index < -0.39 is 0 Å². The van der Waals surface area contributed by atoms with Gasteiger partial charge in [0.25, 0.3) is 5.89 Å². The van der Waals surface area contributed by atoms with Crippen LogP contribution in [0.5, 0.6) is 0 Å². The number of hydrogen-bond acceptors (Lipinski definition) is 4. The Hall–Kier alpha value is -2.62. The minimum Gasteiger partial charge on any atom is -0.385 e. The second-order valence-electron chi connectivity index (χ2n) is 5.37. The van der Waals surface area contributed by atoms with Crippen molar-refractivity contribution in [2.75, 3.05) is 11.9 Å². The van der Waals surface area contributed by atoms with E-state index in [1.54, 1.807) is 0 Å². The number of anilines is 1. The summed E-state index contributed by atoms with van der Waals surface area (Å²) in [5.41, 5.74) is 4.49. The molecule has 0 saturated carbocycles. The Kier molecular flexibility index (Phi) is 4.19. The summed E-state index contributed by atoms with van der Waals surface area (Å²) >= 11 is 0. The van der Waals surface area contributed by atoms with Crippen LogP contribution in [-0.2, 0) is 6.42 Å². The average Bonchev–Trinajstić information content (AvgIpc) is 2.98. The molecule has 0 amide bonds. The molecule has 0 aliphatic heterocycles. The van der Waals surface area contributed by atoms with Crippen LogP contribution in [0.2, 0.25) is 0 Å². The summed E-state index contributed by atoms with van der Waals surface area (Å²) in [6, 6.07) is 16.3. The van der Waals surface area contributed by atoms with Crippen LogP contribution in [0.15, 0.2) is 53.1 Å². The van der Waals surface area contributed by atoms with E-state index in [0.717, 1.165) is 35.6 Å². The molecule has 1 heterocycles. The van der Waals surface area contributed by atoms with Crippen LogP contribution in [0.1, 0.15) is 17.0 Å². The molecule has 3 rings (SSSR count). The second kappa shape index (κ2) is 6.43. The van der Waals surface area contributed by atoms with Crippen LogP contribution in [0, 0.1) is 13.8 Å². The number of aryl methyl sites for hydroxylation is 2. The van der Waals surface area contributed by atoms with Crippen molar-refractivity contribution in [3.63, 3.8) is 0 Å². The Balaban J connectivity index is 1.60. The monoisotopic (exact) mass is 293 g/mol. The third kappa shape index (κ3) is 3.34. The van der Waals surface area contributed by atoms with Crippen LogP contribution in [0.3, 0.4) is 0 Å². The lowest BCUT2D eigenvalue weighted by Gasteiger charge is -2.04. The van der Waals surface area contributed by atoms with Crippen LogP contribution in [0.25, 0.3) is 11.5 Å². The van der Waals surface area contributed by atoms with Gasteiger partial charge in [0.15, 0.2) is 5.82 Å². The van der Waals surface area contributed by atoms with E-state index in [9.17, 15) is 0 Å². The fraction of sp³-hybridized carbons (Fsp3) is 0.222. The van der Waals surface area contributed by atoms with Crippen molar-refractivity contribution >= 4 is 5.69 Å². The maximum Gasteiger partial charge on any atom is 0.258 e. The van der Waals surface area contributed by atoms with E-state index in [4.69, 9.17) is 4.52 Å². The lowest BCUT2D eigenvalue weighted by Crippen LogP contribution is -2.05. The van der Waals surface area contributed by atoms with Crippen molar-refractivity contribution in [2.45, 2.75) is 20.3 Å². The lowest BCUT2D eigenvalue weighted by atomic mass is 10.1. The van der Waals surface area contributed by atoms with Gasteiger partial charge in [-0.1, -0.05) is 41.1 Å². The maximum absolute atomic E-state index is 5.36. The van der Waals surface area contributed by atoms with E-state index in [2.05, 4.69) is 46.6 Å². The number of benzene rings is 2. The number of nitrogens with one attached hydrogen (secondary N) is 1. The number of nitrogens with zero attached hydrogens (tertiary/aromatic N) is 2. The molecule has 1 aromatic heterocycles. The number of rotatable bonds is 5. The molecular weight excluding hydrogens is 274 g/mol. The highest BCUT2D eigenvalue weighted by molar-refractivity contribution is 5.57. The van der Waals surface area contributed by atoms with Crippen LogP contribution < -0.4 is 5.32 Å². The quantitative estimate of drug-likeness (QED) is 0.772. The number of hydrogen-bond donors (Lipinski definition) is 1. The zero-order valence-corrected chi connectivity index (χ0v) is 12.8. The Bertz CT molecular complexity index is 747. The van der Waals surface area contributed by atoms with Gasteiger partial charge in [-0.05, 0) is 37.6 Å². The molecule has 0 radical (unpaired) electrons. The Morgan fingerprint density at radius 3 is 2.55 bits per heavy atom. The molecule has 4 nitrogen and oxygen atoms in total. The molecule has 0 atom stereocenters. The molecule has 0 unspecified atom stereocenters. The highest BCUT2D eigenvalue weighted by Crippen LogP contribution is 2.21. The summed E-state index contributed by atoms with van der Waals surface area (Å²) in [7, 11) is 0. The lowest BCUT2D eigenvalue weighted by molar-refractivity contribution is 0.422. The Labute approximate surface area is 130 Å². The number of aromatic nitrogens is 2. The summed E-state index contributed by atoms with van der Waals surface area (Å²) in [4.78, 5) is 4.47. The van der Waals surface area contributed by atoms with Crippen molar-refractivity contribution < 1.29 is 4.52 Å². The Morgan fingerprint density at radius 1 is 1.00 bits per heavy atom. The van der Waals surface area contributed by atoms with E-state index >= 15 is 0 Å². The van der Waals surface area contributed by atoms with Crippen LogP contribution in [0.4, 0.5) is 5.69 Å². The largest absolute Gasteiger partial charge is 0.385 e. The second-order valence-corrected chi connectivity index (χ2v) is 5.37. The molecule has 2 aromatic carbocycles. The molecule has 0 aliphatic carbocycles. The van der Waals surface area contributed by atoms with Crippen molar-refractivity contribution in [2.24, 2.45) is 0 Å². The van der Waals surface area contributed by atoms with E-state index in [1.165, 1.54) is 5.56 Å². The highest BCUT2D eigenvalue weighted by atomic mass is 16.5. The van der Waals surface area contributed by atoms with Crippen LogP contribution in [-0.4, -0.2) is 16.7 Å². The standard InChI is InChI=1S/C18H19N3O/c1-13-7-9-15(10-8-13)19-12-11-17-20-18(22-21-17)16-6-4-3-5-14(16)2/h3-10,19H,11-12H2,1-2H3. The molecule has 1 N–H and O–H groups in total. The summed E-state index contributed by atoms with van der Waals surface area (Å²) < 4.78 is 5.36. The molecule has 0 aliphatic rings. The van der Waals surface area contributed by atoms with Crippen molar-refractivity contribution in [1.29, 1.82) is 0 Å². The molecule has 0 spiro atoms. The van der Waals surface area contributed by atoms with Gasteiger partial charge in [0, 0.05) is 24.2 Å². The van der Waals surface area contributed by atoms with Gasteiger partial charge in [-0.25, -0.2) is 0 Å². The predicted molar refractivity (Wildman–Crippen MR) is 87.8 cm³/mol. The van der Waals surface area contributed by atoms with Gasteiger partial charge in [-0.2, -0.15) is 4.98 Å². The van der Waals surface area contributed by atoms with Gasteiger partial charge in [-0.15, -0.1) is 0 Å². The first-order valence-electron chi connectivity index (χ1n) is 7.41. The minimum atomic E-state index is 0.587. The van der Waals surface area contributed by atoms with E-state index in [-0.39, 0.29) is 0 Å². The molecule has 22 heavy (non-hydrogen) atoms. The molecule has 112 valence electrons. The van der Waals surface area contributed by atoms with Gasteiger partial charge in [0.2, 0.25) is 0 Å².